The van der Waals surface area contributed by atoms with Crippen molar-refractivity contribution in [3.63, 3.8) is 0 Å². The first-order chi connectivity index (χ1) is 22.2. The summed E-state index contributed by atoms with van der Waals surface area (Å²) in [6, 6.07) is 19.4. The molecule has 258 valence electrons. The summed E-state index contributed by atoms with van der Waals surface area (Å²) in [5.74, 6) is -7.50. The number of alkyl halides is 6. The van der Waals surface area contributed by atoms with Crippen LogP contribution in [-0.4, -0.2) is 62.4 Å². The Labute approximate surface area is 269 Å². The van der Waals surface area contributed by atoms with E-state index in [0.717, 1.165) is 15.8 Å². The zero-order chi connectivity index (χ0) is 36.8. The lowest BCUT2D eigenvalue weighted by atomic mass is 10.1. The van der Waals surface area contributed by atoms with Crippen LogP contribution in [0.3, 0.4) is 0 Å². The molecule has 1 atom stereocenters. The first-order valence-corrected chi connectivity index (χ1v) is 13.4. The Morgan fingerprint density at radius 3 is 1.79 bits per heavy atom. The molecule has 0 aliphatic rings. The molecule has 0 fully saturated rings. The average molecular weight is 706 g/mol. The van der Waals surface area contributed by atoms with Crippen LogP contribution in [0.15, 0.2) is 72.8 Å². The third kappa shape index (κ3) is 13.7. The molecule has 10 N–H and O–H groups in total. The second-order valence-corrected chi connectivity index (χ2v) is 9.83. The molecule has 0 radical (unpaired) electrons. The van der Waals surface area contributed by atoms with Gasteiger partial charge in [0.2, 0.25) is 5.91 Å². The van der Waals surface area contributed by atoms with E-state index >= 15 is 0 Å². The van der Waals surface area contributed by atoms with E-state index in [1.165, 1.54) is 11.3 Å². The summed E-state index contributed by atoms with van der Waals surface area (Å²) in [7, 11) is 0. The number of thiazole rings is 1. The number of nitrogen functional groups attached to an aromatic ring is 1. The molecule has 0 spiro atoms. The number of hydrogen-bond acceptors (Lipinski definition) is 9. The lowest BCUT2D eigenvalue weighted by molar-refractivity contribution is -0.193. The van der Waals surface area contributed by atoms with Crippen LogP contribution in [0, 0.1) is 0 Å². The van der Waals surface area contributed by atoms with Gasteiger partial charge in [0.15, 0.2) is 11.2 Å². The minimum Gasteiger partial charge on any atom is -0.479 e. The maximum absolute atomic E-state index is 12.2. The van der Waals surface area contributed by atoms with Gasteiger partial charge in [-0.1, -0.05) is 53.8 Å². The van der Waals surface area contributed by atoms with Crippen LogP contribution in [0.4, 0.5) is 31.5 Å². The Bertz CT molecular complexity index is 1710. The highest BCUT2D eigenvalue weighted by Crippen LogP contribution is 2.24. The Morgan fingerprint density at radius 1 is 0.792 bits per heavy atom. The minimum absolute atomic E-state index is 0.322. The minimum atomic E-state index is -5.08. The molecule has 0 aliphatic carbocycles. The van der Waals surface area contributed by atoms with E-state index < -0.39 is 48.1 Å². The number of anilines is 1. The molecule has 0 bridgehead atoms. The monoisotopic (exact) mass is 705 g/mol. The van der Waals surface area contributed by atoms with Gasteiger partial charge >= 0.3 is 30.3 Å². The van der Waals surface area contributed by atoms with E-state index in [-0.39, 0.29) is 0 Å². The number of carbonyl (C=O) groups excluding carboxylic acids is 2. The number of nitrogens with zero attached hydrogens (tertiary/aromatic N) is 1. The highest BCUT2D eigenvalue weighted by atomic mass is 32.1. The van der Waals surface area contributed by atoms with Crippen molar-refractivity contribution in [1.82, 2.24) is 10.3 Å². The number of benzene rings is 3. The zero-order valence-electron chi connectivity index (χ0n) is 24.0. The average Bonchev–Trinajstić information content (AvgIpc) is 3.39. The number of carboxylic acids is 3. The SMILES string of the molecule is NC(=O)c1ccc2nc(N)sc2c1.NCc1cccc(C(=O)N[C@@H](C(=O)O)c2ccccc2)c1.O=C(O)C(F)(F)F.O=C(O)C(F)(F)F. The van der Waals surface area contributed by atoms with Crippen LogP contribution in [0.1, 0.15) is 37.9 Å². The molecule has 3 aromatic carbocycles. The number of rotatable bonds is 6. The van der Waals surface area contributed by atoms with Crippen LogP contribution in [-0.2, 0) is 20.9 Å². The lowest BCUT2D eigenvalue weighted by Crippen LogP contribution is -2.33. The Hall–Kier alpha value is -5.76. The maximum atomic E-state index is 12.2. The number of halogens is 6. The molecule has 4 aromatic rings. The number of aliphatic carboxylic acids is 3. The number of carbonyl (C=O) groups is 5. The molecule has 48 heavy (non-hydrogen) atoms. The van der Waals surface area contributed by atoms with Gasteiger partial charge in [-0.05, 0) is 41.5 Å². The van der Waals surface area contributed by atoms with Gasteiger partial charge in [-0.2, -0.15) is 26.3 Å². The van der Waals surface area contributed by atoms with Gasteiger partial charge in [0.05, 0.1) is 10.2 Å². The van der Waals surface area contributed by atoms with Crippen molar-refractivity contribution in [2.75, 3.05) is 5.73 Å². The number of hydrogen-bond donors (Lipinski definition) is 7. The Balaban J connectivity index is 0.000000362. The van der Waals surface area contributed by atoms with E-state index in [1.54, 1.807) is 66.7 Å². The molecule has 13 nitrogen and oxygen atoms in total. The number of amides is 2. The second-order valence-electron chi connectivity index (χ2n) is 8.76. The summed E-state index contributed by atoms with van der Waals surface area (Å²) in [6.07, 6.45) is -10.2. The third-order valence-corrected chi connectivity index (χ3v) is 6.10. The van der Waals surface area contributed by atoms with Gasteiger partial charge in [-0.3, -0.25) is 9.59 Å². The van der Waals surface area contributed by atoms with Crippen molar-refractivity contribution in [2.45, 2.75) is 24.9 Å². The smallest absolute Gasteiger partial charge is 0.479 e. The molecule has 1 aromatic heterocycles. The van der Waals surface area contributed by atoms with Crippen LogP contribution in [0.5, 0.6) is 0 Å². The maximum Gasteiger partial charge on any atom is 0.490 e. The standard InChI is InChI=1S/C16H16N2O3.C8H7N3OS.2C2HF3O2/c17-10-11-5-4-8-13(9-11)15(19)18-14(16(20)21)12-6-2-1-3-7-12;9-7(12)4-1-2-5-6(3-4)13-8(10)11-5;2*3-2(4,5)1(6)7/h1-9,14H,10,17H2,(H,18,19)(H,20,21);1-3H,(H2,9,12)(H2,10,11);2*(H,6,7)/t14-;;;/m1.../s1. The molecule has 2 amide bonds. The summed E-state index contributed by atoms with van der Waals surface area (Å²) in [4.78, 5) is 56.2. The van der Waals surface area contributed by atoms with E-state index in [9.17, 15) is 45.8 Å². The molecule has 4 rings (SSSR count). The Kier molecular flexibility index (Phi) is 14.9. The molecule has 0 unspecified atom stereocenters. The second kappa shape index (κ2) is 17.8. The summed E-state index contributed by atoms with van der Waals surface area (Å²) < 4.78 is 64.4. The fourth-order valence-electron chi connectivity index (χ4n) is 3.08. The normalized spacial score (nSPS) is 11.2. The van der Waals surface area contributed by atoms with Gasteiger partial charge in [-0.15, -0.1) is 0 Å². The Morgan fingerprint density at radius 2 is 1.33 bits per heavy atom. The van der Waals surface area contributed by atoms with Crippen molar-refractivity contribution < 1.29 is 65.6 Å². The van der Waals surface area contributed by atoms with Gasteiger partial charge in [0, 0.05) is 17.7 Å². The fraction of sp³-hybridized carbons (Fsp3) is 0.143. The summed E-state index contributed by atoms with van der Waals surface area (Å²) >= 11 is 1.34. The van der Waals surface area contributed by atoms with Crippen LogP contribution in [0.25, 0.3) is 10.2 Å². The predicted octanol–water partition coefficient (Wildman–Crippen LogP) is 3.95. The molecule has 0 saturated carbocycles. The number of aromatic nitrogens is 1. The van der Waals surface area contributed by atoms with Crippen molar-refractivity contribution in [3.8, 4) is 0 Å². The van der Waals surface area contributed by atoms with Crippen molar-refractivity contribution in [3.05, 3.63) is 95.1 Å². The van der Waals surface area contributed by atoms with E-state index in [4.69, 9.17) is 37.0 Å². The lowest BCUT2D eigenvalue weighted by Gasteiger charge is -2.15. The molecule has 1 heterocycles. The molecule has 0 saturated heterocycles. The van der Waals surface area contributed by atoms with Crippen molar-refractivity contribution in [2.24, 2.45) is 11.5 Å². The van der Waals surface area contributed by atoms with Gasteiger partial charge in [-0.25, -0.2) is 19.4 Å². The first kappa shape index (κ1) is 40.3. The number of nitrogens with two attached hydrogens (primary N) is 3. The first-order valence-electron chi connectivity index (χ1n) is 12.6. The highest BCUT2D eigenvalue weighted by molar-refractivity contribution is 7.22. The quantitative estimate of drug-likeness (QED) is 0.142. The fourth-order valence-corrected chi connectivity index (χ4v) is 3.86. The van der Waals surface area contributed by atoms with Gasteiger partial charge < -0.3 is 37.8 Å². The van der Waals surface area contributed by atoms with Crippen molar-refractivity contribution in [1.29, 1.82) is 0 Å². The van der Waals surface area contributed by atoms with Crippen molar-refractivity contribution >= 4 is 56.4 Å². The van der Waals surface area contributed by atoms with Crippen LogP contribution in [0.2, 0.25) is 0 Å². The predicted molar refractivity (Wildman–Crippen MR) is 159 cm³/mol. The summed E-state index contributed by atoms with van der Waals surface area (Å²) in [5, 5.41) is 26.6. The van der Waals surface area contributed by atoms with Crippen LogP contribution < -0.4 is 22.5 Å². The summed E-state index contributed by atoms with van der Waals surface area (Å²) in [5.41, 5.74) is 19.2. The topological polar surface area (TPSA) is 249 Å². The molecule has 0 aliphatic heterocycles. The zero-order valence-corrected chi connectivity index (χ0v) is 24.8. The van der Waals surface area contributed by atoms with Gasteiger partial charge in [0.25, 0.3) is 5.91 Å². The highest BCUT2D eigenvalue weighted by Gasteiger charge is 2.38. The number of primary amides is 1. The van der Waals surface area contributed by atoms with E-state index in [1.807, 2.05) is 6.07 Å². The largest absolute Gasteiger partial charge is 0.490 e. The summed E-state index contributed by atoms with van der Waals surface area (Å²) in [6.45, 7) is 0.322. The molecular formula is C28H25F6N5O8S. The molecular weight excluding hydrogens is 680 g/mol. The molecule has 20 heteroatoms. The van der Waals surface area contributed by atoms with E-state index in [0.29, 0.717) is 28.4 Å². The van der Waals surface area contributed by atoms with Gasteiger partial charge in [0.1, 0.15) is 0 Å². The number of fused-ring (bicyclic) bond motifs is 1. The third-order valence-electron chi connectivity index (χ3n) is 5.25. The van der Waals surface area contributed by atoms with Crippen LogP contribution >= 0.6 is 11.3 Å². The number of nitrogens with one attached hydrogen (secondary N) is 1. The van der Waals surface area contributed by atoms with E-state index in [2.05, 4.69) is 10.3 Å². The number of carboxylic acid groups (broad SMARTS) is 3.